The molecule has 1 aromatic carbocycles. The molecule has 1 amide bonds. The molecule has 0 bridgehead atoms. The first-order valence-electron chi connectivity index (χ1n) is 13.9. The summed E-state index contributed by atoms with van der Waals surface area (Å²) in [7, 11) is 1.62. The highest BCUT2D eigenvalue weighted by Gasteiger charge is 2.38. The predicted octanol–water partition coefficient (Wildman–Crippen LogP) is 3.14. The third-order valence-corrected chi connectivity index (χ3v) is 7.91. The summed E-state index contributed by atoms with van der Waals surface area (Å²) in [5, 5.41) is 8.20. The van der Waals surface area contributed by atoms with Gasteiger partial charge in [0.1, 0.15) is 11.9 Å². The van der Waals surface area contributed by atoms with Crippen LogP contribution in [0.25, 0.3) is 0 Å². The van der Waals surface area contributed by atoms with Gasteiger partial charge in [-0.25, -0.2) is 14.6 Å². The number of rotatable bonds is 10. The number of hydrogen-bond donors (Lipinski definition) is 1. The number of likely N-dealkylation sites (tertiary alicyclic amines) is 1. The number of carbonyl (C=O) groups excluding carboxylic acids is 1. The summed E-state index contributed by atoms with van der Waals surface area (Å²) >= 11 is 5.90. The smallest absolute Gasteiger partial charge is 0.272 e. The fourth-order valence-corrected chi connectivity index (χ4v) is 5.45. The Hall–Kier alpha value is -3.70. The summed E-state index contributed by atoms with van der Waals surface area (Å²) < 4.78 is 12.7. The van der Waals surface area contributed by atoms with E-state index < -0.39 is 6.10 Å². The Morgan fingerprint density at radius 2 is 1.76 bits per heavy atom. The van der Waals surface area contributed by atoms with E-state index in [-0.39, 0.29) is 23.6 Å². The lowest BCUT2D eigenvalue weighted by atomic mass is 10.0. The van der Waals surface area contributed by atoms with Crippen LogP contribution in [-0.4, -0.2) is 82.1 Å². The molecule has 2 saturated heterocycles. The second-order valence-corrected chi connectivity index (χ2v) is 11.0. The van der Waals surface area contributed by atoms with E-state index in [1.54, 1.807) is 32.6 Å². The molecule has 0 spiro atoms. The van der Waals surface area contributed by atoms with Gasteiger partial charge in [0.05, 0.1) is 49.6 Å². The molecule has 0 aliphatic carbocycles. The number of amides is 1. The highest BCUT2D eigenvalue weighted by atomic mass is 35.5. The number of ether oxygens (including phenoxy) is 2. The molecule has 2 fully saturated rings. The zero-order valence-corrected chi connectivity index (χ0v) is 24.4. The number of nitrogens with one attached hydrogen (secondary N) is 1. The summed E-state index contributed by atoms with van der Waals surface area (Å²) in [4.78, 5) is 38.8. The highest BCUT2D eigenvalue weighted by molar-refractivity contribution is 6.30. The number of carbonyl (C=O) groups is 1. The van der Waals surface area contributed by atoms with Gasteiger partial charge >= 0.3 is 0 Å². The van der Waals surface area contributed by atoms with E-state index in [9.17, 15) is 9.59 Å². The molecule has 0 unspecified atom stereocenters. The summed E-state index contributed by atoms with van der Waals surface area (Å²) in [5.74, 6) is 1.49. The molecule has 1 N–H and O–H groups in total. The molecule has 5 rings (SSSR count). The Morgan fingerprint density at radius 1 is 1.05 bits per heavy atom. The molecule has 12 heteroatoms. The maximum absolute atomic E-state index is 13.2. The lowest BCUT2D eigenvalue weighted by Gasteiger charge is -2.36. The van der Waals surface area contributed by atoms with E-state index in [0.29, 0.717) is 48.3 Å². The Labute approximate surface area is 244 Å². The van der Waals surface area contributed by atoms with Crippen LogP contribution in [0.1, 0.15) is 37.3 Å². The average molecular weight is 582 g/mol. The second kappa shape index (κ2) is 12.9. The number of methoxy groups -OCH3 is 1. The Morgan fingerprint density at radius 3 is 2.44 bits per heavy atom. The molecule has 41 heavy (non-hydrogen) atoms. The minimum absolute atomic E-state index is 0.0531. The molecule has 0 radical (unpaired) electrons. The highest BCUT2D eigenvalue weighted by Crippen LogP contribution is 2.26. The Kier molecular flexibility index (Phi) is 9.04. The van der Waals surface area contributed by atoms with Crippen LogP contribution in [0.3, 0.4) is 0 Å². The number of hydrogen-bond acceptors (Lipinski definition) is 9. The van der Waals surface area contributed by atoms with Crippen LogP contribution < -0.4 is 20.5 Å². The van der Waals surface area contributed by atoms with Gasteiger partial charge in [0.2, 0.25) is 5.95 Å². The Balaban J connectivity index is 1.09. The van der Waals surface area contributed by atoms with Gasteiger partial charge in [0, 0.05) is 43.7 Å². The largest absolute Gasteiger partial charge is 0.497 e. The number of piperidine rings is 1. The Bertz CT molecular complexity index is 1390. The van der Waals surface area contributed by atoms with E-state index in [2.05, 4.69) is 25.3 Å². The summed E-state index contributed by atoms with van der Waals surface area (Å²) in [5.41, 5.74) is 2.04. The average Bonchev–Trinajstić information content (AvgIpc) is 3.36. The monoisotopic (exact) mass is 581 g/mol. The SMILES string of the molecule is COc1ccc(Cn2ncc(N[C@@H](C)CO[C@@H]3CCN(C4CCN(c5ncc(Cl)cn5)CC4)C3=O)c(C)c2=O)cc1. The topological polar surface area (TPSA) is 115 Å². The van der Waals surface area contributed by atoms with E-state index in [1.165, 1.54) is 4.68 Å². The molecule has 3 aromatic rings. The number of anilines is 2. The molecule has 4 heterocycles. The van der Waals surface area contributed by atoms with Gasteiger partial charge in [0.25, 0.3) is 11.5 Å². The van der Waals surface area contributed by atoms with Crippen molar-refractivity contribution in [2.75, 3.05) is 43.6 Å². The van der Waals surface area contributed by atoms with Gasteiger partial charge in [-0.1, -0.05) is 23.7 Å². The zero-order valence-electron chi connectivity index (χ0n) is 23.6. The number of halogens is 1. The van der Waals surface area contributed by atoms with Crippen molar-refractivity contribution in [1.29, 1.82) is 0 Å². The lowest BCUT2D eigenvalue weighted by molar-refractivity contribution is -0.139. The van der Waals surface area contributed by atoms with Gasteiger partial charge in [0.15, 0.2) is 0 Å². The van der Waals surface area contributed by atoms with Gasteiger partial charge in [-0.2, -0.15) is 5.10 Å². The van der Waals surface area contributed by atoms with Crippen LogP contribution in [0.5, 0.6) is 5.75 Å². The molecule has 2 aromatic heterocycles. The van der Waals surface area contributed by atoms with Crippen molar-refractivity contribution in [3.8, 4) is 5.75 Å². The van der Waals surface area contributed by atoms with Crippen LogP contribution in [0.15, 0.2) is 47.7 Å². The first-order chi connectivity index (χ1) is 19.8. The van der Waals surface area contributed by atoms with Crippen molar-refractivity contribution < 1.29 is 14.3 Å². The van der Waals surface area contributed by atoms with Crippen LogP contribution >= 0.6 is 11.6 Å². The zero-order chi connectivity index (χ0) is 28.9. The molecule has 0 saturated carbocycles. The van der Waals surface area contributed by atoms with Gasteiger partial charge < -0.3 is 24.6 Å². The first kappa shape index (κ1) is 28.8. The van der Waals surface area contributed by atoms with E-state index in [4.69, 9.17) is 21.1 Å². The third kappa shape index (κ3) is 6.79. The maximum Gasteiger partial charge on any atom is 0.272 e. The number of aromatic nitrogens is 4. The van der Waals surface area contributed by atoms with Crippen molar-refractivity contribution in [2.24, 2.45) is 0 Å². The van der Waals surface area contributed by atoms with E-state index in [0.717, 1.165) is 37.2 Å². The number of benzene rings is 1. The molecule has 11 nitrogen and oxygen atoms in total. The van der Waals surface area contributed by atoms with Gasteiger partial charge in [-0.3, -0.25) is 9.59 Å². The third-order valence-electron chi connectivity index (χ3n) is 7.71. The maximum atomic E-state index is 13.2. The van der Waals surface area contributed by atoms with Crippen LogP contribution in [-0.2, 0) is 16.1 Å². The minimum Gasteiger partial charge on any atom is -0.497 e. The fourth-order valence-electron chi connectivity index (χ4n) is 5.35. The van der Waals surface area contributed by atoms with Crippen LogP contribution in [0.4, 0.5) is 11.6 Å². The van der Waals surface area contributed by atoms with E-state index >= 15 is 0 Å². The molecule has 218 valence electrons. The molecule has 2 atom stereocenters. The van der Waals surface area contributed by atoms with Gasteiger partial charge in [-0.15, -0.1) is 0 Å². The van der Waals surface area contributed by atoms with Crippen molar-refractivity contribution in [1.82, 2.24) is 24.6 Å². The lowest BCUT2D eigenvalue weighted by Crippen LogP contribution is -2.47. The fraction of sp³-hybridized carbons (Fsp3) is 0.483. The number of nitrogens with zero attached hydrogens (tertiary/aromatic N) is 6. The van der Waals surface area contributed by atoms with Crippen molar-refractivity contribution in [3.63, 3.8) is 0 Å². The standard InChI is InChI=1S/C29H36ClN7O4/c1-19(34-25-16-33-37(27(38)20(25)2)17-21-4-6-24(40-3)7-5-21)18-41-26-10-13-36(28(26)39)23-8-11-35(12-9-23)29-31-14-22(30)15-32-29/h4-7,14-16,19,23,26,34H,8-13,17-18H2,1-3H3/t19-,26+/m0/s1. The summed E-state index contributed by atoms with van der Waals surface area (Å²) in [6, 6.07) is 7.63. The first-order valence-corrected chi connectivity index (χ1v) is 14.3. The summed E-state index contributed by atoms with van der Waals surface area (Å²) in [6.07, 6.45) is 6.82. The molecular weight excluding hydrogens is 546 g/mol. The normalized spacial score (nSPS) is 18.5. The predicted molar refractivity (Wildman–Crippen MR) is 157 cm³/mol. The van der Waals surface area contributed by atoms with E-state index in [1.807, 2.05) is 36.1 Å². The van der Waals surface area contributed by atoms with Gasteiger partial charge in [-0.05, 0) is 44.4 Å². The second-order valence-electron chi connectivity index (χ2n) is 10.6. The minimum atomic E-state index is -0.450. The van der Waals surface area contributed by atoms with Crippen molar-refractivity contribution in [3.05, 3.63) is 69.4 Å². The summed E-state index contributed by atoms with van der Waals surface area (Å²) in [6.45, 7) is 6.73. The van der Waals surface area contributed by atoms with Crippen molar-refractivity contribution in [2.45, 2.75) is 57.8 Å². The quantitative estimate of drug-likeness (QED) is 0.385. The van der Waals surface area contributed by atoms with Crippen molar-refractivity contribution >= 4 is 29.1 Å². The van der Waals surface area contributed by atoms with Crippen LogP contribution in [0.2, 0.25) is 5.02 Å². The molecular formula is C29H36ClN7O4. The van der Waals surface area contributed by atoms with Crippen LogP contribution in [0, 0.1) is 6.92 Å². The molecule has 2 aliphatic rings. The molecule has 2 aliphatic heterocycles.